The van der Waals surface area contributed by atoms with Crippen LogP contribution in [0.2, 0.25) is 0 Å². The molecule has 1 unspecified atom stereocenters. The molecule has 0 radical (unpaired) electrons. The van der Waals surface area contributed by atoms with E-state index in [1.807, 2.05) is 0 Å². The summed E-state index contributed by atoms with van der Waals surface area (Å²) in [6, 6.07) is 12.7. The van der Waals surface area contributed by atoms with Gasteiger partial charge in [-0.2, -0.15) is 8.78 Å². The number of thiophene rings is 1. The molecular weight excluding hydrogens is 580 g/mol. The van der Waals surface area contributed by atoms with E-state index in [4.69, 9.17) is 20.6 Å². The normalized spacial score (nSPS) is 18.4. The maximum atomic E-state index is 14.9. The van der Waals surface area contributed by atoms with Crippen molar-refractivity contribution in [2.45, 2.75) is 37.1 Å². The molecule has 0 bridgehead atoms. The van der Waals surface area contributed by atoms with Gasteiger partial charge in [0.2, 0.25) is 11.8 Å². The van der Waals surface area contributed by atoms with Gasteiger partial charge in [-0.1, -0.05) is 42.5 Å². The van der Waals surface area contributed by atoms with Crippen molar-refractivity contribution in [2.75, 3.05) is 26.3 Å². The minimum absolute atomic E-state index is 0.00488. The number of carbonyl (C=O) groups excluding carboxylic acids is 3. The highest BCUT2D eigenvalue weighted by Crippen LogP contribution is 2.36. The first-order valence-electron chi connectivity index (χ1n) is 13.6. The molecule has 3 amide bonds. The largest absolute Gasteiger partial charge is 0.384 e. The van der Waals surface area contributed by atoms with Crippen molar-refractivity contribution in [2.24, 2.45) is 5.73 Å². The molecule has 2 aliphatic heterocycles. The van der Waals surface area contributed by atoms with Gasteiger partial charge in [-0.15, -0.1) is 11.3 Å². The minimum Gasteiger partial charge on any atom is -0.384 e. The first-order valence-corrected chi connectivity index (χ1v) is 14.5. The Bertz CT molecular complexity index is 1510. The number of benzene rings is 2. The second-order valence-corrected chi connectivity index (χ2v) is 11.4. The van der Waals surface area contributed by atoms with Crippen LogP contribution in [0.5, 0.6) is 0 Å². The Hall–Kier alpha value is -4.20. The van der Waals surface area contributed by atoms with Gasteiger partial charge in [0.25, 0.3) is 11.8 Å². The van der Waals surface area contributed by atoms with Gasteiger partial charge in [0, 0.05) is 38.9 Å². The quantitative estimate of drug-likeness (QED) is 0.216. The van der Waals surface area contributed by atoms with Gasteiger partial charge in [-0.3, -0.25) is 19.8 Å². The number of nitrogen functional groups attached to an aromatic ring is 1. The van der Waals surface area contributed by atoms with Crippen LogP contribution in [-0.4, -0.2) is 66.6 Å². The van der Waals surface area contributed by atoms with Crippen LogP contribution in [0, 0.1) is 5.41 Å². The van der Waals surface area contributed by atoms with Gasteiger partial charge in [0.15, 0.2) is 5.79 Å². The molecule has 13 heteroatoms. The summed E-state index contributed by atoms with van der Waals surface area (Å²) >= 11 is 1.35. The fraction of sp³-hybridized carbons (Fsp3) is 0.333. The Kier molecular flexibility index (Phi) is 8.58. The van der Waals surface area contributed by atoms with E-state index in [0.717, 1.165) is 4.88 Å². The van der Waals surface area contributed by atoms with E-state index in [1.54, 1.807) is 24.4 Å². The van der Waals surface area contributed by atoms with E-state index in [9.17, 15) is 23.2 Å². The van der Waals surface area contributed by atoms with E-state index in [2.05, 4.69) is 10.6 Å². The van der Waals surface area contributed by atoms with Gasteiger partial charge in [0.1, 0.15) is 11.9 Å². The highest BCUT2D eigenvalue weighted by Gasteiger charge is 2.52. The molecule has 2 atom stereocenters. The van der Waals surface area contributed by atoms with E-state index >= 15 is 0 Å². The lowest BCUT2D eigenvalue weighted by molar-refractivity contribution is -0.152. The Balaban J connectivity index is 1.23. The van der Waals surface area contributed by atoms with Gasteiger partial charge in [0.05, 0.1) is 32.3 Å². The summed E-state index contributed by atoms with van der Waals surface area (Å²) in [5.74, 6) is -6.01. The highest BCUT2D eigenvalue weighted by molar-refractivity contribution is 7.10. The number of nitrogens with two attached hydrogens (primary N) is 1. The van der Waals surface area contributed by atoms with Crippen LogP contribution in [-0.2, 0) is 25.0 Å². The Morgan fingerprint density at radius 3 is 2.37 bits per heavy atom. The molecule has 2 fully saturated rings. The summed E-state index contributed by atoms with van der Waals surface area (Å²) < 4.78 is 41.3. The molecule has 5 rings (SSSR count). The summed E-state index contributed by atoms with van der Waals surface area (Å²) in [7, 11) is 0. The number of halogens is 2. The van der Waals surface area contributed by atoms with Crippen molar-refractivity contribution in [1.29, 1.82) is 5.41 Å². The molecule has 5 N–H and O–H groups in total. The predicted molar refractivity (Wildman–Crippen MR) is 155 cm³/mol. The summed E-state index contributed by atoms with van der Waals surface area (Å²) in [6.45, 7) is 2.01. The smallest absolute Gasteiger partial charge is 0.298 e. The van der Waals surface area contributed by atoms with Crippen LogP contribution in [0.4, 0.5) is 8.78 Å². The maximum absolute atomic E-state index is 14.9. The van der Waals surface area contributed by atoms with Gasteiger partial charge in [-0.25, -0.2) is 0 Å². The molecule has 3 heterocycles. The van der Waals surface area contributed by atoms with E-state index in [-0.39, 0.29) is 35.5 Å². The third kappa shape index (κ3) is 6.43. The molecule has 0 saturated carbocycles. The van der Waals surface area contributed by atoms with Crippen molar-refractivity contribution in [3.8, 4) is 0 Å². The van der Waals surface area contributed by atoms with Crippen LogP contribution in [0.15, 0.2) is 66.0 Å². The van der Waals surface area contributed by atoms with E-state index in [0.29, 0.717) is 18.8 Å². The number of nitrogens with zero attached hydrogens (tertiary/aromatic N) is 1. The number of alkyl halides is 2. The third-order valence-corrected chi connectivity index (χ3v) is 8.61. The summed E-state index contributed by atoms with van der Waals surface area (Å²) in [6.07, 6.45) is 0.117. The van der Waals surface area contributed by atoms with Gasteiger partial charge in [-0.05, 0) is 25.1 Å². The van der Waals surface area contributed by atoms with Crippen LogP contribution < -0.4 is 16.4 Å². The van der Waals surface area contributed by atoms with Crippen molar-refractivity contribution >= 4 is 34.9 Å². The summed E-state index contributed by atoms with van der Waals surface area (Å²) in [4.78, 5) is 41.6. The fourth-order valence-electron chi connectivity index (χ4n) is 5.15. The lowest BCUT2D eigenvalue weighted by atomic mass is 9.99. The summed E-state index contributed by atoms with van der Waals surface area (Å²) in [5.41, 5.74) is 5.77. The molecule has 10 nitrogen and oxygen atoms in total. The SMILES string of the molecule is C[C@@H](NC(=O)C1CC2(CN1C(=O)CNC(=O)c1ccc(C(F)(F)c3ccccc3)cc1)OCCO2)c1cc(C(=N)N)cs1. The van der Waals surface area contributed by atoms with Gasteiger partial charge < -0.3 is 30.7 Å². The zero-order chi connectivity index (χ0) is 30.8. The molecule has 0 aliphatic carbocycles. The molecular formula is C30H31F2N5O5S. The van der Waals surface area contributed by atoms with Crippen LogP contribution in [0.25, 0.3) is 0 Å². The molecule has 1 aromatic heterocycles. The van der Waals surface area contributed by atoms with Crippen molar-refractivity contribution in [1.82, 2.24) is 15.5 Å². The number of likely N-dealkylation sites (tertiary alicyclic amines) is 1. The number of amidine groups is 1. The Morgan fingerprint density at radius 1 is 1.09 bits per heavy atom. The number of nitrogens with one attached hydrogen (secondary N) is 3. The van der Waals surface area contributed by atoms with E-state index in [1.165, 1.54) is 64.8 Å². The minimum atomic E-state index is -3.24. The van der Waals surface area contributed by atoms with Crippen LogP contribution in [0.3, 0.4) is 0 Å². The van der Waals surface area contributed by atoms with Crippen LogP contribution >= 0.6 is 11.3 Å². The molecule has 2 aromatic carbocycles. The lowest BCUT2D eigenvalue weighted by Gasteiger charge is -2.25. The van der Waals surface area contributed by atoms with Crippen LogP contribution in [0.1, 0.15) is 51.3 Å². The zero-order valence-corrected chi connectivity index (χ0v) is 24.1. The second kappa shape index (κ2) is 12.2. The standard InChI is InChI=1S/C30H31F2N5O5S/c1-18(24-13-20(16-43-24)26(33)34)36-28(40)23-14-29(41-11-12-42-29)17-37(23)25(38)15-35-27(39)19-7-9-22(10-8-19)30(31,32)21-5-3-2-4-6-21/h2-10,13,16,18,23H,11-12,14-15,17H2,1H3,(H3,33,34)(H,35,39)(H,36,40)/t18-,23?/m1/s1. The topological polar surface area (TPSA) is 147 Å². The first-order chi connectivity index (χ1) is 20.5. The number of hydrogen-bond acceptors (Lipinski definition) is 7. The molecule has 3 aromatic rings. The third-order valence-electron chi connectivity index (χ3n) is 7.49. The van der Waals surface area contributed by atoms with Crippen molar-refractivity contribution < 1.29 is 32.6 Å². The average molecular weight is 612 g/mol. The second-order valence-electron chi connectivity index (χ2n) is 10.4. The lowest BCUT2D eigenvalue weighted by Crippen LogP contribution is -2.49. The molecule has 2 aliphatic rings. The van der Waals surface area contributed by atoms with E-state index < -0.39 is 48.1 Å². The Labute approximate surface area is 250 Å². The number of ether oxygens (including phenoxy) is 2. The molecule has 1 spiro atoms. The number of amides is 3. The first kappa shape index (κ1) is 30.3. The predicted octanol–water partition coefficient (Wildman–Crippen LogP) is 3.12. The number of rotatable bonds is 9. The zero-order valence-electron chi connectivity index (χ0n) is 23.3. The number of hydrogen-bond donors (Lipinski definition) is 4. The highest BCUT2D eigenvalue weighted by atomic mass is 32.1. The average Bonchev–Trinajstić information content (AvgIpc) is 3.77. The van der Waals surface area contributed by atoms with Crippen molar-refractivity contribution in [3.05, 3.63) is 93.2 Å². The Morgan fingerprint density at radius 2 is 1.74 bits per heavy atom. The molecule has 2 saturated heterocycles. The maximum Gasteiger partial charge on any atom is 0.298 e. The molecule has 43 heavy (non-hydrogen) atoms. The summed E-state index contributed by atoms with van der Waals surface area (Å²) in [5, 5.41) is 14.7. The number of carbonyl (C=O) groups is 3. The van der Waals surface area contributed by atoms with Crippen molar-refractivity contribution in [3.63, 3.8) is 0 Å². The molecule has 226 valence electrons. The fourth-order valence-corrected chi connectivity index (χ4v) is 6.06. The monoisotopic (exact) mass is 611 g/mol. The van der Waals surface area contributed by atoms with Gasteiger partial charge >= 0.3 is 0 Å².